The summed E-state index contributed by atoms with van der Waals surface area (Å²) < 4.78 is 1.22. The van der Waals surface area contributed by atoms with Gasteiger partial charge in [0.2, 0.25) is 0 Å². The van der Waals surface area contributed by atoms with Crippen LogP contribution in [0.5, 0.6) is 0 Å². The Kier molecular flexibility index (Phi) is 3.45. The second-order valence-electron chi connectivity index (χ2n) is 2.84. The van der Waals surface area contributed by atoms with E-state index in [1.165, 1.54) is 15.5 Å². The van der Waals surface area contributed by atoms with E-state index in [1.54, 1.807) is 28.5 Å². The molecule has 0 aliphatic rings. The van der Waals surface area contributed by atoms with Crippen molar-refractivity contribution < 1.29 is 9.90 Å². The lowest BCUT2D eigenvalue weighted by Crippen LogP contribution is -1.97. The van der Waals surface area contributed by atoms with Crippen molar-refractivity contribution in [2.75, 3.05) is 0 Å². The first-order valence-corrected chi connectivity index (χ1v) is 7.03. The topological polar surface area (TPSA) is 37.3 Å². The van der Waals surface area contributed by atoms with Crippen LogP contribution in [0.3, 0.4) is 0 Å². The van der Waals surface area contributed by atoms with Crippen LogP contribution >= 0.6 is 34.4 Å². The molecule has 2 aromatic rings. The van der Waals surface area contributed by atoms with Gasteiger partial charge in [-0.05, 0) is 22.4 Å². The first kappa shape index (κ1) is 10.7. The highest BCUT2D eigenvalue weighted by Gasteiger charge is 2.10. The van der Waals surface area contributed by atoms with Crippen LogP contribution in [0.1, 0.15) is 15.9 Å². The number of thiophene rings is 2. The minimum Gasteiger partial charge on any atom is -0.478 e. The Morgan fingerprint density at radius 1 is 1.47 bits per heavy atom. The summed E-state index contributed by atoms with van der Waals surface area (Å²) in [6, 6.07) is 4.04. The predicted molar refractivity (Wildman–Crippen MR) is 65.2 cm³/mol. The monoisotopic (exact) mass is 256 g/mol. The number of thioether (sulfide) groups is 1. The van der Waals surface area contributed by atoms with Gasteiger partial charge in [0.1, 0.15) is 0 Å². The molecule has 0 atom stereocenters. The molecule has 0 fully saturated rings. The van der Waals surface area contributed by atoms with E-state index in [-0.39, 0.29) is 0 Å². The second-order valence-corrected chi connectivity index (χ2v) is 5.80. The maximum absolute atomic E-state index is 10.8. The number of carboxylic acid groups (broad SMARTS) is 1. The summed E-state index contributed by atoms with van der Waals surface area (Å²) in [4.78, 5) is 10.8. The molecule has 0 amide bonds. The molecule has 0 saturated carbocycles. The van der Waals surface area contributed by atoms with Crippen molar-refractivity contribution in [1.82, 2.24) is 0 Å². The lowest BCUT2D eigenvalue weighted by Gasteiger charge is -1.98. The number of carboxylic acids is 1. The van der Waals surface area contributed by atoms with Crippen molar-refractivity contribution in [2.45, 2.75) is 9.96 Å². The van der Waals surface area contributed by atoms with E-state index in [1.807, 2.05) is 22.9 Å². The van der Waals surface area contributed by atoms with Crippen molar-refractivity contribution in [3.05, 3.63) is 39.4 Å². The van der Waals surface area contributed by atoms with E-state index < -0.39 is 5.97 Å². The summed E-state index contributed by atoms with van der Waals surface area (Å²) in [5, 5.41) is 14.5. The number of aromatic carboxylic acids is 1. The second kappa shape index (κ2) is 4.83. The summed E-state index contributed by atoms with van der Waals surface area (Å²) in [6.07, 6.45) is 0. The predicted octanol–water partition coefficient (Wildman–Crippen LogP) is 3.80. The fourth-order valence-electron chi connectivity index (χ4n) is 1.12. The molecule has 0 aliphatic heterocycles. The van der Waals surface area contributed by atoms with Crippen molar-refractivity contribution in [3.8, 4) is 0 Å². The van der Waals surface area contributed by atoms with Gasteiger partial charge in [-0.2, -0.15) is 11.3 Å². The van der Waals surface area contributed by atoms with Crippen molar-refractivity contribution in [1.29, 1.82) is 0 Å². The number of hydrogen-bond acceptors (Lipinski definition) is 4. The minimum atomic E-state index is -0.835. The molecule has 2 rings (SSSR count). The van der Waals surface area contributed by atoms with Gasteiger partial charge < -0.3 is 5.11 Å². The van der Waals surface area contributed by atoms with Crippen LogP contribution in [-0.4, -0.2) is 11.1 Å². The fourth-order valence-corrected chi connectivity index (χ4v) is 3.83. The normalized spacial score (nSPS) is 10.4. The third-order valence-corrected chi connectivity index (χ3v) is 4.81. The van der Waals surface area contributed by atoms with Crippen LogP contribution in [0, 0.1) is 0 Å². The molecule has 78 valence electrons. The Morgan fingerprint density at radius 3 is 3.00 bits per heavy atom. The van der Waals surface area contributed by atoms with Gasteiger partial charge in [-0.3, -0.25) is 0 Å². The van der Waals surface area contributed by atoms with E-state index in [0.29, 0.717) is 5.56 Å². The van der Waals surface area contributed by atoms with Gasteiger partial charge in [0.05, 0.1) is 9.77 Å². The van der Waals surface area contributed by atoms with Crippen LogP contribution in [-0.2, 0) is 5.75 Å². The molecule has 1 N–H and O–H groups in total. The smallest absolute Gasteiger partial charge is 0.336 e. The maximum Gasteiger partial charge on any atom is 0.336 e. The summed E-state index contributed by atoms with van der Waals surface area (Å²) >= 11 is 4.80. The van der Waals surface area contributed by atoms with E-state index in [0.717, 1.165) is 11.3 Å². The molecular weight excluding hydrogens is 248 g/mol. The first-order valence-electron chi connectivity index (χ1n) is 4.22. The Hall–Kier alpha value is -0.780. The Labute approximate surface area is 99.6 Å². The van der Waals surface area contributed by atoms with Gasteiger partial charge >= 0.3 is 5.97 Å². The molecular formula is C10H8O2S3. The first-order chi connectivity index (χ1) is 7.27. The highest BCUT2D eigenvalue weighted by Crippen LogP contribution is 2.29. The molecule has 0 aliphatic carbocycles. The summed E-state index contributed by atoms with van der Waals surface area (Å²) in [5.41, 5.74) is 1.34. The van der Waals surface area contributed by atoms with Gasteiger partial charge in [0.25, 0.3) is 0 Å². The van der Waals surface area contributed by atoms with Crippen molar-refractivity contribution in [3.63, 3.8) is 0 Å². The third kappa shape index (κ3) is 2.62. The lowest BCUT2D eigenvalue weighted by atomic mass is 10.2. The Balaban J connectivity index is 2.05. The average Bonchev–Trinajstić information content (AvgIpc) is 2.86. The molecule has 0 unspecified atom stereocenters. The fraction of sp³-hybridized carbons (Fsp3) is 0.100. The van der Waals surface area contributed by atoms with Crippen LogP contribution in [0.25, 0.3) is 0 Å². The number of rotatable bonds is 4. The molecule has 2 heterocycles. The zero-order valence-electron chi connectivity index (χ0n) is 7.67. The molecule has 0 bridgehead atoms. The van der Waals surface area contributed by atoms with Crippen LogP contribution < -0.4 is 0 Å². The van der Waals surface area contributed by atoms with Crippen molar-refractivity contribution in [2.24, 2.45) is 0 Å². The maximum atomic E-state index is 10.8. The Morgan fingerprint density at radius 2 is 2.33 bits per heavy atom. The van der Waals surface area contributed by atoms with E-state index in [4.69, 9.17) is 5.11 Å². The standard InChI is InChI=1S/C10H8O2S3/c11-10(12)8-6-13-4-7(8)5-15-9-2-1-3-14-9/h1-4,6H,5H2,(H,11,12). The number of hydrogen-bond donors (Lipinski definition) is 1. The molecule has 5 heteroatoms. The lowest BCUT2D eigenvalue weighted by molar-refractivity contribution is 0.0696. The van der Waals surface area contributed by atoms with Crippen LogP contribution in [0.15, 0.2) is 32.5 Å². The van der Waals surface area contributed by atoms with Gasteiger partial charge in [0, 0.05) is 11.1 Å². The SMILES string of the molecule is O=C(O)c1cscc1CSc1cccs1. The summed E-state index contributed by atoms with van der Waals surface area (Å²) in [6.45, 7) is 0. The van der Waals surface area contributed by atoms with E-state index in [9.17, 15) is 4.79 Å². The van der Waals surface area contributed by atoms with Crippen LogP contribution in [0.2, 0.25) is 0 Å². The number of carbonyl (C=O) groups is 1. The molecule has 2 nitrogen and oxygen atoms in total. The molecule has 0 radical (unpaired) electrons. The van der Waals surface area contributed by atoms with Gasteiger partial charge in [-0.15, -0.1) is 23.1 Å². The molecule has 15 heavy (non-hydrogen) atoms. The summed E-state index contributed by atoms with van der Waals surface area (Å²) in [7, 11) is 0. The van der Waals surface area contributed by atoms with Crippen LogP contribution in [0.4, 0.5) is 0 Å². The minimum absolute atomic E-state index is 0.434. The molecule has 0 spiro atoms. The zero-order chi connectivity index (χ0) is 10.7. The largest absolute Gasteiger partial charge is 0.478 e. The van der Waals surface area contributed by atoms with Gasteiger partial charge in [0.15, 0.2) is 0 Å². The van der Waals surface area contributed by atoms with E-state index in [2.05, 4.69) is 0 Å². The van der Waals surface area contributed by atoms with Gasteiger partial charge in [-0.25, -0.2) is 4.79 Å². The molecule has 0 saturated heterocycles. The quantitative estimate of drug-likeness (QED) is 0.845. The van der Waals surface area contributed by atoms with Gasteiger partial charge in [-0.1, -0.05) is 6.07 Å². The molecule has 0 aromatic carbocycles. The third-order valence-electron chi connectivity index (χ3n) is 1.84. The average molecular weight is 256 g/mol. The highest BCUT2D eigenvalue weighted by atomic mass is 32.2. The molecule has 2 aromatic heterocycles. The zero-order valence-corrected chi connectivity index (χ0v) is 10.1. The summed E-state index contributed by atoms with van der Waals surface area (Å²) in [5.74, 6) is -0.107. The van der Waals surface area contributed by atoms with Crippen molar-refractivity contribution >= 4 is 40.4 Å². The van der Waals surface area contributed by atoms with E-state index >= 15 is 0 Å². The highest BCUT2D eigenvalue weighted by molar-refractivity contribution is 8.00. The Bertz CT molecular complexity index is 445.